The zero-order chi connectivity index (χ0) is 41.0. The second-order valence-corrected chi connectivity index (χ2v) is 15.8. The van der Waals surface area contributed by atoms with Crippen LogP contribution in [0.25, 0.3) is 93.2 Å². The van der Waals surface area contributed by atoms with Crippen molar-refractivity contribution >= 4 is 71.0 Å². The number of fused-ring (bicyclic) bond motifs is 8. The van der Waals surface area contributed by atoms with Crippen molar-refractivity contribution in [2.75, 3.05) is 0 Å². The maximum absolute atomic E-state index is 6.67. The lowest BCUT2D eigenvalue weighted by atomic mass is 9.85. The van der Waals surface area contributed by atoms with Gasteiger partial charge in [-0.2, -0.15) is 0 Å². The monoisotopic (exact) mass is 783 g/mol. The quantitative estimate of drug-likeness (QED) is 0.111. The molecular formula is C58H41NO2. The van der Waals surface area contributed by atoms with E-state index in [-0.39, 0.29) is 12.1 Å². The minimum absolute atomic E-state index is 0.241. The maximum Gasteiger partial charge on any atom is 0.136 e. The Balaban J connectivity index is 1.06. The number of nitrogens with one attached hydrogen (secondary N) is 1. The van der Waals surface area contributed by atoms with Gasteiger partial charge < -0.3 is 8.83 Å². The number of rotatable bonds is 10. The smallest absolute Gasteiger partial charge is 0.136 e. The second kappa shape index (κ2) is 14.8. The minimum atomic E-state index is -0.339. The second-order valence-electron chi connectivity index (χ2n) is 15.8. The summed E-state index contributed by atoms with van der Waals surface area (Å²) in [6, 6.07) is 65.6. The SMILES string of the molecule is C=CC(NC(C(=C)C(=C)c1cc(-c2ccc(-c3ccccc3)c3ccccc23)cc2oc3ccccc3c12)c1ccc2ccccc2c1)c1ccc2c(c1)oc1ccccc12. The highest BCUT2D eigenvalue weighted by atomic mass is 16.3. The molecule has 3 heteroatoms. The van der Waals surface area contributed by atoms with Crippen LogP contribution in [0.4, 0.5) is 0 Å². The Hall–Kier alpha value is -7.72. The van der Waals surface area contributed by atoms with Crippen LogP contribution < -0.4 is 5.32 Å². The topological polar surface area (TPSA) is 38.3 Å². The number of hydrogen-bond acceptors (Lipinski definition) is 3. The first-order valence-electron chi connectivity index (χ1n) is 20.7. The third kappa shape index (κ3) is 6.26. The van der Waals surface area contributed by atoms with Gasteiger partial charge in [0.05, 0.1) is 12.1 Å². The van der Waals surface area contributed by atoms with Gasteiger partial charge in [0.1, 0.15) is 22.3 Å². The standard InChI is InChI=1S/C58H41NO2/c1-4-52(41-28-29-49-48-22-12-14-24-53(48)60-55(49)34-41)59-58(42-27-26-38-16-8-9-19-40(38)32-42)37(3)36(2)51-33-43(35-56-57(51)50-23-13-15-25-54(50)61-56)45-31-30-44(39-17-6-5-7-18-39)46-20-10-11-21-47(45)46/h4-35,52,58-59H,1-3H2. The lowest BCUT2D eigenvalue weighted by molar-refractivity contribution is 0.554. The van der Waals surface area contributed by atoms with E-state index in [1.807, 2.05) is 36.4 Å². The third-order valence-corrected chi connectivity index (χ3v) is 12.3. The largest absolute Gasteiger partial charge is 0.456 e. The summed E-state index contributed by atoms with van der Waals surface area (Å²) in [7, 11) is 0. The van der Waals surface area contributed by atoms with Gasteiger partial charge in [0.2, 0.25) is 0 Å². The van der Waals surface area contributed by atoms with Gasteiger partial charge in [-0.15, -0.1) is 6.58 Å². The molecule has 3 nitrogen and oxygen atoms in total. The Bertz CT molecular complexity index is 3530. The van der Waals surface area contributed by atoms with Crippen LogP contribution in [0.15, 0.2) is 228 Å². The molecule has 2 heterocycles. The highest BCUT2D eigenvalue weighted by Crippen LogP contribution is 2.44. The molecule has 0 saturated heterocycles. The molecule has 290 valence electrons. The minimum Gasteiger partial charge on any atom is -0.456 e. The van der Waals surface area contributed by atoms with Crippen LogP contribution in [0.5, 0.6) is 0 Å². The van der Waals surface area contributed by atoms with Crippen LogP contribution in [-0.2, 0) is 0 Å². The highest BCUT2D eigenvalue weighted by Gasteiger charge is 2.26. The third-order valence-electron chi connectivity index (χ3n) is 12.3. The first-order valence-corrected chi connectivity index (χ1v) is 20.7. The van der Waals surface area contributed by atoms with E-state index in [1.54, 1.807) is 0 Å². The average molecular weight is 784 g/mol. The number of para-hydroxylation sites is 2. The van der Waals surface area contributed by atoms with Gasteiger partial charge in [-0.05, 0) is 108 Å². The normalized spacial score (nSPS) is 12.7. The van der Waals surface area contributed by atoms with Crippen molar-refractivity contribution in [1.82, 2.24) is 5.32 Å². The summed E-state index contributed by atoms with van der Waals surface area (Å²) in [6.45, 7) is 14.1. The lowest BCUT2D eigenvalue weighted by Crippen LogP contribution is -2.27. The first kappa shape index (κ1) is 36.4. The molecular weight excluding hydrogens is 743 g/mol. The molecule has 0 aliphatic rings. The molecule has 0 amide bonds. The molecule has 2 unspecified atom stereocenters. The molecule has 61 heavy (non-hydrogen) atoms. The molecule has 0 saturated carbocycles. The average Bonchev–Trinajstić information content (AvgIpc) is 3.89. The molecule has 0 aliphatic carbocycles. The van der Waals surface area contributed by atoms with Crippen LogP contribution in [0.3, 0.4) is 0 Å². The summed E-state index contributed by atoms with van der Waals surface area (Å²) in [6.07, 6.45) is 1.96. The zero-order valence-corrected chi connectivity index (χ0v) is 33.6. The predicted octanol–water partition coefficient (Wildman–Crippen LogP) is 16.0. The van der Waals surface area contributed by atoms with Crippen LogP contribution >= 0.6 is 0 Å². The Kier molecular flexibility index (Phi) is 8.84. The molecule has 0 bridgehead atoms. The molecule has 11 aromatic rings. The van der Waals surface area contributed by atoms with Gasteiger partial charge in [-0.3, -0.25) is 5.32 Å². The molecule has 2 atom stereocenters. The Labute approximate surface area is 354 Å². The summed E-state index contributed by atoms with van der Waals surface area (Å²) in [4.78, 5) is 0. The fourth-order valence-corrected chi connectivity index (χ4v) is 9.22. The summed E-state index contributed by atoms with van der Waals surface area (Å²) < 4.78 is 13.0. The lowest BCUT2D eigenvalue weighted by Gasteiger charge is -2.28. The summed E-state index contributed by atoms with van der Waals surface area (Å²) in [5.74, 6) is 0. The first-order chi connectivity index (χ1) is 30.0. The highest BCUT2D eigenvalue weighted by molar-refractivity contribution is 6.14. The van der Waals surface area contributed by atoms with Crippen molar-refractivity contribution in [2.24, 2.45) is 0 Å². The Morgan fingerprint density at radius 2 is 1.05 bits per heavy atom. The fraction of sp³-hybridized carbons (Fsp3) is 0.0345. The molecule has 9 aromatic carbocycles. The number of furan rings is 2. The van der Waals surface area contributed by atoms with Gasteiger partial charge in [0, 0.05) is 21.5 Å². The summed E-state index contributed by atoms with van der Waals surface area (Å²) in [5, 5.41) is 12.9. The van der Waals surface area contributed by atoms with Crippen molar-refractivity contribution in [3.05, 3.63) is 236 Å². The van der Waals surface area contributed by atoms with Gasteiger partial charge in [-0.1, -0.05) is 171 Å². The van der Waals surface area contributed by atoms with Crippen molar-refractivity contribution in [3.63, 3.8) is 0 Å². The molecule has 0 aliphatic heterocycles. The number of hydrogen-bond donors (Lipinski definition) is 1. The van der Waals surface area contributed by atoms with E-state index in [4.69, 9.17) is 22.0 Å². The molecule has 1 N–H and O–H groups in total. The van der Waals surface area contributed by atoms with Crippen molar-refractivity contribution < 1.29 is 8.83 Å². The number of benzene rings is 9. The molecule has 2 aromatic heterocycles. The predicted molar refractivity (Wildman–Crippen MR) is 257 cm³/mol. The molecule has 0 radical (unpaired) electrons. The van der Waals surface area contributed by atoms with E-state index in [9.17, 15) is 0 Å². The van der Waals surface area contributed by atoms with E-state index in [2.05, 4.69) is 170 Å². The molecule has 11 rings (SSSR count). The summed E-state index contributed by atoms with van der Waals surface area (Å²) >= 11 is 0. The Morgan fingerprint density at radius 1 is 0.459 bits per heavy atom. The van der Waals surface area contributed by atoms with E-state index >= 15 is 0 Å². The van der Waals surface area contributed by atoms with Crippen LogP contribution in [0, 0.1) is 0 Å². The van der Waals surface area contributed by atoms with Crippen molar-refractivity contribution in [1.29, 1.82) is 0 Å². The Morgan fingerprint density at radius 3 is 1.80 bits per heavy atom. The van der Waals surface area contributed by atoms with Crippen LogP contribution in [0.1, 0.15) is 28.8 Å². The van der Waals surface area contributed by atoms with Gasteiger partial charge in [0.15, 0.2) is 0 Å². The van der Waals surface area contributed by atoms with Crippen molar-refractivity contribution in [2.45, 2.75) is 12.1 Å². The fourth-order valence-electron chi connectivity index (χ4n) is 9.22. The van der Waals surface area contributed by atoms with E-state index < -0.39 is 0 Å². The molecule has 0 spiro atoms. The van der Waals surface area contributed by atoms with Crippen LogP contribution in [0.2, 0.25) is 0 Å². The summed E-state index contributed by atoms with van der Waals surface area (Å²) in [5.41, 5.74) is 12.7. The van der Waals surface area contributed by atoms with Gasteiger partial charge in [0.25, 0.3) is 0 Å². The zero-order valence-electron chi connectivity index (χ0n) is 33.6. The molecule has 0 fully saturated rings. The van der Waals surface area contributed by atoms with E-state index in [1.165, 1.54) is 27.3 Å². The van der Waals surface area contributed by atoms with E-state index in [0.717, 1.165) is 88.2 Å². The van der Waals surface area contributed by atoms with Crippen LogP contribution in [-0.4, -0.2) is 0 Å². The van der Waals surface area contributed by atoms with Crippen molar-refractivity contribution in [3.8, 4) is 22.3 Å². The maximum atomic E-state index is 6.67. The van der Waals surface area contributed by atoms with Gasteiger partial charge >= 0.3 is 0 Å². The van der Waals surface area contributed by atoms with E-state index in [0.29, 0.717) is 0 Å². The van der Waals surface area contributed by atoms with Gasteiger partial charge in [-0.25, -0.2) is 0 Å².